The van der Waals surface area contributed by atoms with Gasteiger partial charge in [0, 0.05) is 32.2 Å². The molecule has 0 amide bonds. The van der Waals surface area contributed by atoms with Gasteiger partial charge in [-0.2, -0.15) is 0 Å². The first-order valence-electron chi connectivity index (χ1n) is 7.49. The predicted octanol–water partition coefficient (Wildman–Crippen LogP) is 2.37. The normalized spacial score (nSPS) is 20.1. The lowest BCUT2D eigenvalue weighted by Crippen LogP contribution is -2.52. The predicted molar refractivity (Wildman–Crippen MR) is 79.7 cm³/mol. The van der Waals surface area contributed by atoms with Crippen molar-refractivity contribution in [2.45, 2.75) is 32.4 Å². The number of piperazine rings is 1. The third-order valence-electron chi connectivity index (χ3n) is 4.34. The molecule has 0 saturated carbocycles. The third kappa shape index (κ3) is 3.80. The van der Waals surface area contributed by atoms with E-state index in [9.17, 15) is 14.3 Å². The largest absolute Gasteiger partial charge is 0.480 e. The highest BCUT2D eigenvalue weighted by molar-refractivity contribution is 5.73. The number of hydrogen-bond donors (Lipinski definition) is 1. The minimum Gasteiger partial charge on any atom is -0.480 e. The molecule has 1 N–H and O–H groups in total. The number of carboxylic acid groups (broad SMARTS) is 1. The molecule has 0 aromatic heterocycles. The van der Waals surface area contributed by atoms with Crippen LogP contribution in [0.3, 0.4) is 0 Å². The van der Waals surface area contributed by atoms with Crippen molar-refractivity contribution >= 4 is 5.97 Å². The van der Waals surface area contributed by atoms with Crippen molar-refractivity contribution in [1.82, 2.24) is 9.80 Å². The van der Waals surface area contributed by atoms with Gasteiger partial charge in [-0.05, 0) is 31.0 Å². The molecule has 1 aliphatic heterocycles. The van der Waals surface area contributed by atoms with Gasteiger partial charge < -0.3 is 5.11 Å². The Bertz CT molecular complexity index is 487. The van der Waals surface area contributed by atoms with E-state index < -0.39 is 12.0 Å². The summed E-state index contributed by atoms with van der Waals surface area (Å²) in [6.07, 6.45) is 0.620. The van der Waals surface area contributed by atoms with Gasteiger partial charge >= 0.3 is 5.97 Å². The van der Waals surface area contributed by atoms with Crippen LogP contribution >= 0.6 is 0 Å². The van der Waals surface area contributed by atoms with Crippen LogP contribution in [0.25, 0.3) is 0 Å². The van der Waals surface area contributed by atoms with Gasteiger partial charge in [0.1, 0.15) is 11.9 Å². The molecule has 1 fully saturated rings. The summed E-state index contributed by atoms with van der Waals surface area (Å²) in [4.78, 5) is 15.5. The molecule has 1 aromatic carbocycles. The van der Waals surface area contributed by atoms with Crippen LogP contribution in [0.15, 0.2) is 24.3 Å². The fourth-order valence-corrected chi connectivity index (χ4v) is 3.00. The Hall–Kier alpha value is -1.46. The van der Waals surface area contributed by atoms with E-state index >= 15 is 0 Å². The summed E-state index contributed by atoms with van der Waals surface area (Å²) in [6, 6.07) is 6.45. The molecule has 116 valence electrons. The van der Waals surface area contributed by atoms with Crippen LogP contribution in [0.2, 0.25) is 0 Å². The van der Waals surface area contributed by atoms with Gasteiger partial charge in [-0.1, -0.05) is 19.1 Å². The Morgan fingerprint density at radius 1 is 1.29 bits per heavy atom. The average Bonchev–Trinajstić information content (AvgIpc) is 2.47. The Morgan fingerprint density at radius 3 is 2.43 bits per heavy atom. The van der Waals surface area contributed by atoms with Crippen LogP contribution in [0.4, 0.5) is 4.39 Å². The zero-order chi connectivity index (χ0) is 15.4. The number of hydrogen-bond acceptors (Lipinski definition) is 3. The van der Waals surface area contributed by atoms with Gasteiger partial charge in [-0.3, -0.25) is 14.6 Å². The molecule has 0 bridgehead atoms. The number of benzene rings is 1. The van der Waals surface area contributed by atoms with Crippen LogP contribution in [-0.2, 0) is 4.79 Å². The fraction of sp³-hybridized carbons (Fsp3) is 0.562. The van der Waals surface area contributed by atoms with Crippen LogP contribution in [0, 0.1) is 5.82 Å². The molecule has 5 heteroatoms. The molecule has 21 heavy (non-hydrogen) atoms. The molecular formula is C16H23FN2O2. The summed E-state index contributed by atoms with van der Waals surface area (Å²) in [7, 11) is 0. The van der Waals surface area contributed by atoms with Crippen molar-refractivity contribution < 1.29 is 14.3 Å². The first-order valence-corrected chi connectivity index (χ1v) is 7.49. The summed E-state index contributed by atoms with van der Waals surface area (Å²) >= 11 is 0. The molecule has 2 atom stereocenters. The Kier molecular flexibility index (Phi) is 5.31. The summed E-state index contributed by atoms with van der Waals surface area (Å²) in [6.45, 7) is 7.07. The second-order valence-electron chi connectivity index (χ2n) is 5.57. The van der Waals surface area contributed by atoms with E-state index in [-0.39, 0.29) is 11.9 Å². The Morgan fingerprint density at radius 2 is 1.90 bits per heavy atom. The average molecular weight is 294 g/mol. The topological polar surface area (TPSA) is 43.8 Å². The zero-order valence-electron chi connectivity index (χ0n) is 12.6. The second kappa shape index (κ2) is 7.00. The number of aliphatic carboxylic acids is 1. The monoisotopic (exact) mass is 294 g/mol. The Labute approximate surface area is 125 Å². The van der Waals surface area contributed by atoms with E-state index in [2.05, 4.69) is 11.8 Å². The van der Waals surface area contributed by atoms with Crippen molar-refractivity contribution in [3.05, 3.63) is 35.6 Å². The lowest BCUT2D eigenvalue weighted by Gasteiger charge is -2.40. The molecule has 0 radical (unpaired) electrons. The summed E-state index contributed by atoms with van der Waals surface area (Å²) < 4.78 is 13.3. The van der Waals surface area contributed by atoms with E-state index in [0.29, 0.717) is 6.42 Å². The maximum atomic E-state index is 13.3. The lowest BCUT2D eigenvalue weighted by atomic mass is 10.1. The molecule has 2 rings (SSSR count). The quantitative estimate of drug-likeness (QED) is 0.905. The van der Waals surface area contributed by atoms with E-state index in [1.807, 2.05) is 17.9 Å². The zero-order valence-corrected chi connectivity index (χ0v) is 12.6. The molecule has 1 heterocycles. The van der Waals surface area contributed by atoms with Gasteiger partial charge in [0.15, 0.2) is 0 Å². The maximum Gasteiger partial charge on any atom is 0.320 e. The highest BCUT2D eigenvalue weighted by Crippen LogP contribution is 2.23. The number of carboxylic acids is 1. The van der Waals surface area contributed by atoms with Gasteiger partial charge in [0.25, 0.3) is 0 Å². The molecule has 0 aliphatic carbocycles. The molecule has 2 unspecified atom stereocenters. The third-order valence-corrected chi connectivity index (χ3v) is 4.34. The highest BCUT2D eigenvalue weighted by atomic mass is 19.1. The number of halogens is 1. The van der Waals surface area contributed by atoms with Crippen LogP contribution in [0.1, 0.15) is 31.9 Å². The molecule has 1 aromatic rings. The smallest absolute Gasteiger partial charge is 0.320 e. The first-order chi connectivity index (χ1) is 10.0. The summed E-state index contributed by atoms with van der Waals surface area (Å²) in [5.74, 6) is -0.959. The summed E-state index contributed by atoms with van der Waals surface area (Å²) in [5, 5.41) is 9.21. The highest BCUT2D eigenvalue weighted by Gasteiger charge is 2.29. The minimum atomic E-state index is -0.746. The standard InChI is InChI=1S/C16H23FN2O2/c1-3-15(16(20)21)19-9-7-18(8-10-19)12(2)13-5-4-6-14(17)11-13/h4-6,11-12,15H,3,7-10H2,1-2H3,(H,20,21). The van der Waals surface area contributed by atoms with E-state index in [1.54, 1.807) is 12.1 Å². The van der Waals surface area contributed by atoms with Crippen molar-refractivity contribution in [1.29, 1.82) is 0 Å². The number of nitrogens with zero attached hydrogens (tertiary/aromatic N) is 2. The van der Waals surface area contributed by atoms with Crippen LogP contribution in [0.5, 0.6) is 0 Å². The lowest BCUT2D eigenvalue weighted by molar-refractivity contribution is -0.144. The van der Waals surface area contributed by atoms with Gasteiger partial charge in [-0.25, -0.2) is 4.39 Å². The fourth-order valence-electron chi connectivity index (χ4n) is 3.00. The van der Waals surface area contributed by atoms with Crippen LogP contribution < -0.4 is 0 Å². The van der Waals surface area contributed by atoms with Crippen LogP contribution in [-0.4, -0.2) is 53.1 Å². The van der Waals surface area contributed by atoms with Crippen molar-refractivity contribution in [2.75, 3.05) is 26.2 Å². The minimum absolute atomic E-state index is 0.146. The summed E-state index contributed by atoms with van der Waals surface area (Å²) in [5.41, 5.74) is 0.966. The van der Waals surface area contributed by atoms with Gasteiger partial charge in [0.2, 0.25) is 0 Å². The van der Waals surface area contributed by atoms with Crippen molar-refractivity contribution in [3.63, 3.8) is 0 Å². The van der Waals surface area contributed by atoms with Gasteiger partial charge in [-0.15, -0.1) is 0 Å². The molecule has 1 saturated heterocycles. The first kappa shape index (κ1) is 15.9. The molecule has 4 nitrogen and oxygen atoms in total. The SMILES string of the molecule is CCC(C(=O)O)N1CCN(C(C)c2cccc(F)c2)CC1. The maximum absolute atomic E-state index is 13.3. The van der Waals surface area contributed by atoms with E-state index in [0.717, 1.165) is 31.7 Å². The van der Waals surface area contributed by atoms with E-state index in [4.69, 9.17) is 0 Å². The van der Waals surface area contributed by atoms with Crippen molar-refractivity contribution in [3.8, 4) is 0 Å². The molecular weight excluding hydrogens is 271 g/mol. The van der Waals surface area contributed by atoms with Gasteiger partial charge in [0.05, 0.1) is 0 Å². The molecule has 1 aliphatic rings. The second-order valence-corrected chi connectivity index (χ2v) is 5.57. The van der Waals surface area contributed by atoms with E-state index in [1.165, 1.54) is 6.07 Å². The van der Waals surface area contributed by atoms with Crippen molar-refractivity contribution in [2.24, 2.45) is 0 Å². The number of rotatable bonds is 5. The molecule has 0 spiro atoms. The number of carbonyl (C=O) groups is 1. The Balaban J connectivity index is 1.96.